The lowest BCUT2D eigenvalue weighted by atomic mass is 10.2. The van der Waals surface area contributed by atoms with Crippen LogP contribution >= 0.6 is 15.9 Å². The Bertz CT molecular complexity index is 686. The molecule has 1 atom stereocenters. The predicted molar refractivity (Wildman–Crippen MR) is 87.8 cm³/mol. The molecule has 2 aromatic rings. The largest absolute Gasteiger partial charge is 0.481 e. The van der Waals surface area contributed by atoms with E-state index in [1.807, 2.05) is 12.1 Å². The quantitative estimate of drug-likeness (QED) is 0.857. The maximum Gasteiger partial charge on any atom is 0.265 e. The number of amides is 2. The molecule has 0 bridgehead atoms. The van der Waals surface area contributed by atoms with E-state index in [0.29, 0.717) is 17.0 Å². The topological polar surface area (TPSA) is 81.4 Å². The normalized spacial score (nSPS) is 11.5. The van der Waals surface area contributed by atoms with Gasteiger partial charge in [0.2, 0.25) is 5.91 Å². The SMILES string of the molecule is C[C@@H](Oc1ccc(C(N)=O)cc1)C(=O)Nc1cccc(Br)c1. The van der Waals surface area contributed by atoms with E-state index >= 15 is 0 Å². The first kappa shape index (κ1) is 16.0. The maximum atomic E-state index is 12.1. The summed E-state index contributed by atoms with van der Waals surface area (Å²) >= 11 is 3.34. The highest BCUT2D eigenvalue weighted by molar-refractivity contribution is 9.10. The van der Waals surface area contributed by atoms with Gasteiger partial charge in [0.15, 0.2) is 6.10 Å². The Balaban J connectivity index is 1.97. The Morgan fingerprint density at radius 3 is 2.45 bits per heavy atom. The number of benzene rings is 2. The van der Waals surface area contributed by atoms with Crippen LogP contribution in [0.5, 0.6) is 5.75 Å². The number of carbonyl (C=O) groups excluding carboxylic acids is 2. The van der Waals surface area contributed by atoms with Crippen molar-refractivity contribution in [2.75, 3.05) is 5.32 Å². The molecule has 0 aromatic heterocycles. The number of halogens is 1. The van der Waals surface area contributed by atoms with Crippen LogP contribution in [0.25, 0.3) is 0 Å². The molecule has 0 spiro atoms. The summed E-state index contributed by atoms with van der Waals surface area (Å²) in [6.07, 6.45) is -0.682. The highest BCUT2D eigenvalue weighted by Crippen LogP contribution is 2.17. The van der Waals surface area contributed by atoms with Crippen molar-refractivity contribution in [3.05, 3.63) is 58.6 Å². The molecular formula is C16H15BrN2O3. The second-order valence-corrected chi connectivity index (χ2v) is 5.56. The smallest absolute Gasteiger partial charge is 0.265 e. The summed E-state index contributed by atoms with van der Waals surface area (Å²) in [4.78, 5) is 23.1. The van der Waals surface area contributed by atoms with Crippen molar-refractivity contribution in [3.8, 4) is 5.75 Å². The zero-order chi connectivity index (χ0) is 16.1. The van der Waals surface area contributed by atoms with Gasteiger partial charge in [-0.05, 0) is 49.4 Å². The van der Waals surface area contributed by atoms with Gasteiger partial charge in [-0.2, -0.15) is 0 Å². The molecule has 0 unspecified atom stereocenters. The first-order chi connectivity index (χ1) is 10.5. The first-order valence-electron chi connectivity index (χ1n) is 6.58. The van der Waals surface area contributed by atoms with Crippen molar-refractivity contribution in [1.29, 1.82) is 0 Å². The number of nitrogens with two attached hydrogens (primary N) is 1. The second-order valence-electron chi connectivity index (χ2n) is 4.65. The number of nitrogens with one attached hydrogen (secondary N) is 1. The molecule has 0 aliphatic heterocycles. The lowest BCUT2D eigenvalue weighted by Crippen LogP contribution is -2.30. The third-order valence-corrected chi connectivity index (χ3v) is 3.41. The number of hydrogen-bond donors (Lipinski definition) is 2. The highest BCUT2D eigenvalue weighted by atomic mass is 79.9. The van der Waals surface area contributed by atoms with E-state index in [1.54, 1.807) is 43.3 Å². The van der Waals surface area contributed by atoms with Gasteiger partial charge in [0.1, 0.15) is 5.75 Å². The Morgan fingerprint density at radius 2 is 1.86 bits per heavy atom. The molecular weight excluding hydrogens is 348 g/mol. The molecule has 0 aliphatic rings. The lowest BCUT2D eigenvalue weighted by molar-refractivity contribution is -0.122. The zero-order valence-corrected chi connectivity index (χ0v) is 13.5. The van der Waals surface area contributed by atoms with Crippen LogP contribution in [-0.2, 0) is 4.79 Å². The van der Waals surface area contributed by atoms with Crippen LogP contribution in [0, 0.1) is 0 Å². The summed E-state index contributed by atoms with van der Waals surface area (Å²) in [5.74, 6) is -0.286. The van der Waals surface area contributed by atoms with E-state index in [1.165, 1.54) is 0 Å². The van der Waals surface area contributed by atoms with Gasteiger partial charge >= 0.3 is 0 Å². The molecule has 0 fully saturated rings. The lowest BCUT2D eigenvalue weighted by Gasteiger charge is -2.15. The summed E-state index contributed by atoms with van der Waals surface area (Å²) in [7, 11) is 0. The van der Waals surface area contributed by atoms with Crippen molar-refractivity contribution in [1.82, 2.24) is 0 Å². The number of anilines is 1. The van der Waals surface area contributed by atoms with Crippen LogP contribution in [0.3, 0.4) is 0 Å². The van der Waals surface area contributed by atoms with Gasteiger partial charge in [0.05, 0.1) is 0 Å². The standard InChI is InChI=1S/C16H15BrN2O3/c1-10(16(21)19-13-4-2-3-12(17)9-13)22-14-7-5-11(6-8-14)15(18)20/h2-10H,1H3,(H2,18,20)(H,19,21)/t10-/m1/s1. The molecule has 0 saturated heterocycles. The van der Waals surface area contributed by atoms with Crippen LogP contribution < -0.4 is 15.8 Å². The van der Waals surface area contributed by atoms with E-state index in [9.17, 15) is 9.59 Å². The molecule has 22 heavy (non-hydrogen) atoms. The molecule has 0 radical (unpaired) electrons. The Morgan fingerprint density at radius 1 is 1.18 bits per heavy atom. The summed E-state index contributed by atoms with van der Waals surface area (Å²) in [6, 6.07) is 13.6. The third kappa shape index (κ3) is 4.33. The molecule has 0 saturated carbocycles. The maximum absolute atomic E-state index is 12.1. The Hall–Kier alpha value is -2.34. The van der Waals surface area contributed by atoms with Crippen molar-refractivity contribution < 1.29 is 14.3 Å². The van der Waals surface area contributed by atoms with Gasteiger partial charge in [-0.15, -0.1) is 0 Å². The van der Waals surface area contributed by atoms with Gasteiger partial charge in [-0.1, -0.05) is 22.0 Å². The van der Waals surface area contributed by atoms with Gasteiger partial charge in [-0.25, -0.2) is 0 Å². The molecule has 3 N–H and O–H groups in total. The minimum absolute atomic E-state index is 0.267. The van der Waals surface area contributed by atoms with Crippen molar-refractivity contribution >= 4 is 33.4 Å². The minimum atomic E-state index is -0.682. The highest BCUT2D eigenvalue weighted by Gasteiger charge is 2.15. The zero-order valence-electron chi connectivity index (χ0n) is 11.9. The molecule has 2 aromatic carbocycles. The number of hydrogen-bond acceptors (Lipinski definition) is 3. The Labute approximate surface area is 136 Å². The second kappa shape index (κ2) is 7.09. The van der Waals surface area contributed by atoms with Crippen molar-refractivity contribution in [3.63, 3.8) is 0 Å². The number of rotatable bonds is 5. The summed E-state index contributed by atoms with van der Waals surface area (Å²) in [6.45, 7) is 1.65. The number of carbonyl (C=O) groups is 2. The van der Waals surface area contributed by atoms with Gasteiger partial charge in [0, 0.05) is 15.7 Å². The van der Waals surface area contributed by atoms with E-state index in [0.717, 1.165) is 4.47 Å². The fourth-order valence-corrected chi connectivity index (χ4v) is 2.16. The van der Waals surface area contributed by atoms with Gasteiger partial charge in [-0.3, -0.25) is 9.59 Å². The van der Waals surface area contributed by atoms with E-state index in [2.05, 4.69) is 21.2 Å². The number of ether oxygens (including phenoxy) is 1. The van der Waals surface area contributed by atoms with Crippen molar-refractivity contribution in [2.24, 2.45) is 5.73 Å². The molecule has 2 rings (SSSR count). The van der Waals surface area contributed by atoms with Crippen LogP contribution in [0.2, 0.25) is 0 Å². The molecule has 6 heteroatoms. The minimum Gasteiger partial charge on any atom is -0.481 e. The Kier molecular flexibility index (Phi) is 5.16. The number of primary amides is 1. The van der Waals surface area contributed by atoms with Crippen molar-refractivity contribution in [2.45, 2.75) is 13.0 Å². The van der Waals surface area contributed by atoms with Crippen LogP contribution in [0.4, 0.5) is 5.69 Å². The van der Waals surface area contributed by atoms with Gasteiger partial charge in [0.25, 0.3) is 5.91 Å². The predicted octanol–water partition coefficient (Wildman–Crippen LogP) is 2.95. The summed E-state index contributed by atoms with van der Waals surface area (Å²) in [5.41, 5.74) is 6.23. The molecule has 114 valence electrons. The first-order valence-corrected chi connectivity index (χ1v) is 7.38. The van der Waals surface area contributed by atoms with E-state index in [4.69, 9.17) is 10.5 Å². The summed E-state index contributed by atoms with van der Waals surface area (Å²) < 4.78 is 6.41. The average molecular weight is 363 g/mol. The fraction of sp³-hybridized carbons (Fsp3) is 0.125. The summed E-state index contributed by atoms with van der Waals surface area (Å²) in [5, 5.41) is 2.76. The molecule has 5 nitrogen and oxygen atoms in total. The molecule has 2 amide bonds. The third-order valence-electron chi connectivity index (χ3n) is 2.91. The van der Waals surface area contributed by atoms with E-state index in [-0.39, 0.29) is 5.91 Å². The fourth-order valence-electron chi connectivity index (χ4n) is 1.77. The van der Waals surface area contributed by atoms with Crippen LogP contribution in [0.15, 0.2) is 53.0 Å². The molecule has 0 heterocycles. The average Bonchev–Trinajstić information content (AvgIpc) is 2.47. The monoisotopic (exact) mass is 362 g/mol. The van der Waals surface area contributed by atoms with Crippen LogP contribution in [0.1, 0.15) is 17.3 Å². The van der Waals surface area contributed by atoms with E-state index < -0.39 is 12.0 Å². The molecule has 0 aliphatic carbocycles. The van der Waals surface area contributed by atoms with Crippen LogP contribution in [-0.4, -0.2) is 17.9 Å². The van der Waals surface area contributed by atoms with Gasteiger partial charge < -0.3 is 15.8 Å².